The van der Waals surface area contributed by atoms with E-state index in [0.29, 0.717) is 5.15 Å². The van der Waals surface area contributed by atoms with Crippen molar-refractivity contribution < 1.29 is 0 Å². The Bertz CT molecular complexity index is 318. The summed E-state index contributed by atoms with van der Waals surface area (Å²) in [6.07, 6.45) is 6.83. The van der Waals surface area contributed by atoms with Crippen LogP contribution in [0.5, 0.6) is 0 Å². The van der Waals surface area contributed by atoms with Gasteiger partial charge < -0.3 is 0 Å². The Balaban J connectivity index is 3.28. The summed E-state index contributed by atoms with van der Waals surface area (Å²) in [5.41, 5.74) is 1.57. The minimum atomic E-state index is 0.456. The van der Waals surface area contributed by atoms with Crippen molar-refractivity contribution in [1.29, 1.82) is 0 Å². The highest BCUT2D eigenvalue weighted by Crippen LogP contribution is 2.17. The summed E-state index contributed by atoms with van der Waals surface area (Å²) in [6.45, 7) is 5.55. The van der Waals surface area contributed by atoms with Gasteiger partial charge in [0.2, 0.25) is 0 Å². The predicted molar refractivity (Wildman–Crippen MR) is 51.8 cm³/mol. The first-order chi connectivity index (χ1) is 5.79. The van der Waals surface area contributed by atoms with Gasteiger partial charge in [0.15, 0.2) is 0 Å². The van der Waals surface area contributed by atoms with Crippen molar-refractivity contribution in [3.05, 3.63) is 35.4 Å². The summed E-state index contributed by atoms with van der Waals surface area (Å²) < 4.78 is 0. The Morgan fingerprint density at radius 3 is 2.83 bits per heavy atom. The lowest BCUT2D eigenvalue weighted by molar-refractivity contribution is 1.14. The van der Waals surface area contributed by atoms with Gasteiger partial charge in [0.1, 0.15) is 11.5 Å². The number of rotatable bonds is 2. The van der Waals surface area contributed by atoms with Crippen LogP contribution in [0.1, 0.15) is 18.2 Å². The Morgan fingerprint density at radius 1 is 1.50 bits per heavy atom. The molecule has 0 atom stereocenters. The van der Waals surface area contributed by atoms with Crippen LogP contribution in [0.3, 0.4) is 0 Å². The fraction of sp³-hybridized carbons (Fsp3) is 0.111. The Labute approximate surface area is 76.6 Å². The molecule has 0 radical (unpaired) electrons. The maximum absolute atomic E-state index is 5.84. The number of halogens is 1. The van der Waals surface area contributed by atoms with E-state index < -0.39 is 0 Å². The number of aromatic nitrogens is 2. The molecule has 0 amide bonds. The van der Waals surface area contributed by atoms with Crippen molar-refractivity contribution in [3.8, 4) is 0 Å². The Morgan fingerprint density at radius 2 is 2.25 bits per heavy atom. The number of hydrogen-bond acceptors (Lipinski definition) is 2. The minimum Gasteiger partial charge on any atom is -0.236 e. The molecular weight excluding hydrogens is 172 g/mol. The summed E-state index contributed by atoms with van der Waals surface area (Å²) >= 11 is 5.84. The summed E-state index contributed by atoms with van der Waals surface area (Å²) in [7, 11) is 0. The molecule has 0 aliphatic heterocycles. The van der Waals surface area contributed by atoms with Crippen LogP contribution in [-0.2, 0) is 0 Å². The standard InChI is InChI=1S/C9H9ClN2/c1-3-5-7-8(4-2)11-6-12-9(7)10/h3-6H,2H2,1H3/b5-3-. The van der Waals surface area contributed by atoms with Gasteiger partial charge in [-0.1, -0.05) is 30.3 Å². The maximum Gasteiger partial charge on any atom is 0.140 e. The van der Waals surface area contributed by atoms with Crippen LogP contribution in [0.2, 0.25) is 5.15 Å². The fourth-order valence-electron chi connectivity index (χ4n) is 0.870. The zero-order chi connectivity index (χ0) is 8.97. The van der Waals surface area contributed by atoms with Crippen LogP contribution in [0, 0.1) is 0 Å². The monoisotopic (exact) mass is 180 g/mol. The third-order valence-corrected chi connectivity index (χ3v) is 1.69. The van der Waals surface area contributed by atoms with E-state index >= 15 is 0 Å². The van der Waals surface area contributed by atoms with Crippen molar-refractivity contribution in [3.63, 3.8) is 0 Å². The molecule has 0 aliphatic rings. The average molecular weight is 181 g/mol. The van der Waals surface area contributed by atoms with E-state index in [0.717, 1.165) is 11.3 Å². The van der Waals surface area contributed by atoms with Crippen LogP contribution in [0.25, 0.3) is 12.2 Å². The van der Waals surface area contributed by atoms with E-state index in [9.17, 15) is 0 Å². The molecule has 0 spiro atoms. The van der Waals surface area contributed by atoms with Gasteiger partial charge in [0, 0.05) is 5.56 Å². The van der Waals surface area contributed by atoms with Crippen molar-refractivity contribution in [1.82, 2.24) is 9.97 Å². The molecule has 1 aromatic rings. The van der Waals surface area contributed by atoms with Crippen LogP contribution in [0.15, 0.2) is 19.0 Å². The quantitative estimate of drug-likeness (QED) is 0.655. The van der Waals surface area contributed by atoms with E-state index in [1.807, 2.05) is 19.1 Å². The van der Waals surface area contributed by atoms with Gasteiger partial charge in [-0.2, -0.15) is 0 Å². The van der Waals surface area contributed by atoms with Gasteiger partial charge in [-0.15, -0.1) is 0 Å². The first kappa shape index (κ1) is 8.94. The van der Waals surface area contributed by atoms with Gasteiger partial charge in [-0.05, 0) is 13.0 Å². The van der Waals surface area contributed by atoms with Gasteiger partial charge in [-0.25, -0.2) is 9.97 Å². The van der Waals surface area contributed by atoms with Crippen LogP contribution in [0.4, 0.5) is 0 Å². The topological polar surface area (TPSA) is 25.8 Å². The molecule has 0 aliphatic carbocycles. The molecule has 0 saturated heterocycles. The third-order valence-electron chi connectivity index (χ3n) is 1.39. The van der Waals surface area contributed by atoms with E-state index in [4.69, 9.17) is 11.6 Å². The molecule has 0 saturated carbocycles. The highest BCUT2D eigenvalue weighted by Gasteiger charge is 2.02. The van der Waals surface area contributed by atoms with E-state index in [1.165, 1.54) is 6.33 Å². The fourth-order valence-corrected chi connectivity index (χ4v) is 1.07. The number of nitrogens with zero attached hydrogens (tertiary/aromatic N) is 2. The molecule has 1 aromatic heterocycles. The second-order valence-electron chi connectivity index (χ2n) is 2.17. The second kappa shape index (κ2) is 4.02. The normalized spacial score (nSPS) is 10.5. The van der Waals surface area contributed by atoms with Crippen molar-refractivity contribution in [2.45, 2.75) is 6.92 Å². The van der Waals surface area contributed by atoms with Crippen LogP contribution in [-0.4, -0.2) is 9.97 Å². The number of allylic oxidation sites excluding steroid dienone is 1. The van der Waals surface area contributed by atoms with E-state index in [-0.39, 0.29) is 0 Å². The molecule has 62 valence electrons. The molecule has 1 heterocycles. The van der Waals surface area contributed by atoms with Crippen molar-refractivity contribution in [2.24, 2.45) is 0 Å². The third kappa shape index (κ3) is 1.71. The molecular formula is C9H9ClN2. The second-order valence-corrected chi connectivity index (χ2v) is 2.53. The molecule has 1 rings (SSSR count). The molecule has 0 fully saturated rings. The zero-order valence-corrected chi connectivity index (χ0v) is 7.54. The molecule has 0 unspecified atom stereocenters. The van der Waals surface area contributed by atoms with Gasteiger partial charge in [-0.3, -0.25) is 0 Å². The summed E-state index contributed by atoms with van der Waals surface area (Å²) in [5.74, 6) is 0. The lowest BCUT2D eigenvalue weighted by Crippen LogP contribution is -1.89. The molecule has 0 aromatic carbocycles. The Kier molecular flexibility index (Phi) is 3.00. The van der Waals surface area contributed by atoms with Crippen molar-refractivity contribution >= 4 is 23.8 Å². The highest BCUT2D eigenvalue weighted by molar-refractivity contribution is 6.31. The van der Waals surface area contributed by atoms with Gasteiger partial charge >= 0.3 is 0 Å². The first-order valence-corrected chi connectivity index (χ1v) is 3.93. The maximum atomic E-state index is 5.84. The van der Waals surface area contributed by atoms with Gasteiger partial charge in [0.05, 0.1) is 5.69 Å². The molecule has 0 bridgehead atoms. The number of hydrogen-bond donors (Lipinski definition) is 0. The van der Waals surface area contributed by atoms with E-state index in [1.54, 1.807) is 6.08 Å². The van der Waals surface area contributed by atoms with Crippen LogP contribution < -0.4 is 0 Å². The minimum absolute atomic E-state index is 0.456. The SMILES string of the molecule is C=Cc1ncnc(Cl)c1/C=C\C. The largest absolute Gasteiger partial charge is 0.236 e. The molecule has 0 N–H and O–H groups in total. The van der Waals surface area contributed by atoms with Gasteiger partial charge in [0.25, 0.3) is 0 Å². The first-order valence-electron chi connectivity index (χ1n) is 3.55. The lowest BCUT2D eigenvalue weighted by Gasteiger charge is -1.99. The van der Waals surface area contributed by atoms with E-state index in [2.05, 4.69) is 16.5 Å². The summed E-state index contributed by atoms with van der Waals surface area (Å²) in [5, 5.41) is 0.456. The Hall–Kier alpha value is -1.15. The molecule has 3 heteroatoms. The smallest absolute Gasteiger partial charge is 0.140 e. The summed E-state index contributed by atoms with van der Waals surface area (Å²) in [4.78, 5) is 7.87. The summed E-state index contributed by atoms with van der Waals surface area (Å²) in [6, 6.07) is 0. The zero-order valence-electron chi connectivity index (χ0n) is 6.79. The highest BCUT2D eigenvalue weighted by atomic mass is 35.5. The molecule has 12 heavy (non-hydrogen) atoms. The molecule has 2 nitrogen and oxygen atoms in total. The van der Waals surface area contributed by atoms with Crippen molar-refractivity contribution in [2.75, 3.05) is 0 Å². The predicted octanol–water partition coefficient (Wildman–Crippen LogP) is 2.81. The van der Waals surface area contributed by atoms with Crippen LogP contribution >= 0.6 is 11.6 Å². The lowest BCUT2D eigenvalue weighted by atomic mass is 10.2. The average Bonchev–Trinajstić information content (AvgIpc) is 2.09.